The molecule has 74 valence electrons. The van der Waals surface area contributed by atoms with Crippen LogP contribution in [0.4, 0.5) is 0 Å². The Morgan fingerprint density at radius 2 is 2.00 bits per heavy atom. The van der Waals surface area contributed by atoms with Gasteiger partial charge in [-0.3, -0.25) is 4.79 Å². The van der Waals surface area contributed by atoms with E-state index in [4.69, 9.17) is 10.5 Å². The Hall–Kier alpha value is -0.280. The van der Waals surface area contributed by atoms with Crippen molar-refractivity contribution >= 4 is 5.97 Å². The summed E-state index contributed by atoms with van der Waals surface area (Å²) in [6.45, 7) is 6.24. The van der Waals surface area contributed by atoms with Crippen LogP contribution in [-0.4, -0.2) is 18.6 Å². The largest absolute Gasteiger partial charge is 1.00 e. The SMILES string of the molecule is CCOC(=O)C(N)CC(C)C.[Cl-]. The third kappa shape index (κ3) is 6.43. The molecule has 0 bridgehead atoms. The number of halogens is 1. The Labute approximate surface area is 80.1 Å². The van der Waals surface area contributed by atoms with Gasteiger partial charge in [0.1, 0.15) is 6.04 Å². The predicted molar refractivity (Wildman–Crippen MR) is 44.1 cm³/mol. The Morgan fingerprint density at radius 3 is 2.33 bits per heavy atom. The molecule has 0 saturated heterocycles. The summed E-state index contributed by atoms with van der Waals surface area (Å²) in [7, 11) is 0. The molecule has 0 heterocycles. The van der Waals surface area contributed by atoms with Crippen LogP contribution in [0.2, 0.25) is 0 Å². The average molecular weight is 195 g/mol. The van der Waals surface area contributed by atoms with Gasteiger partial charge in [-0.15, -0.1) is 0 Å². The fourth-order valence-corrected chi connectivity index (χ4v) is 0.853. The molecule has 0 radical (unpaired) electrons. The van der Waals surface area contributed by atoms with Crippen LogP contribution >= 0.6 is 0 Å². The maximum atomic E-state index is 10.9. The molecule has 0 fully saturated rings. The monoisotopic (exact) mass is 194 g/mol. The van der Waals surface area contributed by atoms with Crippen molar-refractivity contribution in [3.05, 3.63) is 0 Å². The van der Waals surface area contributed by atoms with Crippen molar-refractivity contribution in [2.45, 2.75) is 33.2 Å². The van der Waals surface area contributed by atoms with Gasteiger partial charge in [-0.1, -0.05) is 13.8 Å². The maximum absolute atomic E-state index is 10.9. The van der Waals surface area contributed by atoms with Crippen molar-refractivity contribution in [3.8, 4) is 0 Å². The molecule has 1 atom stereocenters. The van der Waals surface area contributed by atoms with Gasteiger partial charge in [0.05, 0.1) is 6.61 Å². The van der Waals surface area contributed by atoms with Crippen molar-refractivity contribution in [1.29, 1.82) is 0 Å². The van der Waals surface area contributed by atoms with Gasteiger partial charge < -0.3 is 22.9 Å². The highest BCUT2D eigenvalue weighted by Gasteiger charge is 2.15. The van der Waals surface area contributed by atoms with E-state index in [9.17, 15) is 4.79 Å². The summed E-state index contributed by atoms with van der Waals surface area (Å²) < 4.78 is 4.74. The lowest BCUT2D eigenvalue weighted by molar-refractivity contribution is -0.145. The number of carbonyl (C=O) groups is 1. The maximum Gasteiger partial charge on any atom is 0.322 e. The van der Waals surface area contributed by atoms with E-state index in [-0.39, 0.29) is 18.4 Å². The molecule has 0 aromatic carbocycles. The van der Waals surface area contributed by atoms with E-state index >= 15 is 0 Å². The van der Waals surface area contributed by atoms with Gasteiger partial charge in [-0.25, -0.2) is 0 Å². The Kier molecular flexibility index (Phi) is 8.76. The second-order valence-electron chi connectivity index (χ2n) is 2.99. The summed E-state index contributed by atoms with van der Waals surface area (Å²) in [6.07, 6.45) is 0.693. The first kappa shape index (κ1) is 14.3. The van der Waals surface area contributed by atoms with Crippen molar-refractivity contribution in [1.82, 2.24) is 0 Å². The number of rotatable bonds is 4. The molecule has 0 aromatic rings. The van der Waals surface area contributed by atoms with Gasteiger partial charge in [0.25, 0.3) is 0 Å². The third-order valence-electron chi connectivity index (χ3n) is 1.31. The zero-order chi connectivity index (χ0) is 8.85. The first-order chi connectivity index (χ1) is 5.07. The molecule has 0 amide bonds. The molecule has 0 saturated carbocycles. The molecular formula is C8H17ClNO2-. The summed E-state index contributed by atoms with van der Waals surface area (Å²) in [6, 6.07) is -0.449. The zero-order valence-corrected chi connectivity index (χ0v) is 8.60. The van der Waals surface area contributed by atoms with Gasteiger partial charge in [0.15, 0.2) is 0 Å². The summed E-state index contributed by atoms with van der Waals surface area (Å²) in [5.74, 6) is 0.149. The first-order valence-corrected chi connectivity index (χ1v) is 4.00. The van der Waals surface area contributed by atoms with E-state index in [2.05, 4.69) is 0 Å². The minimum absolute atomic E-state index is 0. The van der Waals surface area contributed by atoms with E-state index in [0.29, 0.717) is 18.9 Å². The molecule has 0 rings (SSSR count). The second kappa shape index (κ2) is 7.37. The molecule has 12 heavy (non-hydrogen) atoms. The Bertz CT molecular complexity index is 128. The summed E-state index contributed by atoms with van der Waals surface area (Å²) in [4.78, 5) is 10.9. The molecule has 4 heteroatoms. The number of ether oxygens (including phenoxy) is 1. The van der Waals surface area contributed by atoms with Gasteiger partial charge in [-0.05, 0) is 19.3 Å². The lowest BCUT2D eigenvalue weighted by Gasteiger charge is -2.11. The van der Waals surface area contributed by atoms with Crippen LogP contribution in [0.1, 0.15) is 27.2 Å². The van der Waals surface area contributed by atoms with E-state index in [1.165, 1.54) is 0 Å². The molecular weight excluding hydrogens is 178 g/mol. The van der Waals surface area contributed by atoms with E-state index in [1.54, 1.807) is 6.92 Å². The minimum Gasteiger partial charge on any atom is -1.00 e. The average Bonchev–Trinajstić information content (AvgIpc) is 1.86. The van der Waals surface area contributed by atoms with Crippen LogP contribution < -0.4 is 18.1 Å². The molecule has 0 aliphatic heterocycles. The normalized spacial score (nSPS) is 12.1. The van der Waals surface area contributed by atoms with E-state index in [0.717, 1.165) is 0 Å². The quantitative estimate of drug-likeness (QED) is 0.523. The van der Waals surface area contributed by atoms with Gasteiger partial charge >= 0.3 is 5.97 Å². The summed E-state index contributed by atoms with van der Waals surface area (Å²) >= 11 is 0. The topological polar surface area (TPSA) is 52.3 Å². The third-order valence-corrected chi connectivity index (χ3v) is 1.31. The van der Waals surface area contributed by atoms with Crippen molar-refractivity contribution < 1.29 is 21.9 Å². The standard InChI is InChI=1S/C8H17NO2.ClH/c1-4-11-8(10)7(9)5-6(2)3;/h6-7H,4-5,9H2,1-3H3;1H/p-1. The van der Waals surface area contributed by atoms with Gasteiger partial charge in [0, 0.05) is 0 Å². The molecule has 0 aliphatic carbocycles. The van der Waals surface area contributed by atoms with Crippen LogP contribution in [0.15, 0.2) is 0 Å². The predicted octanol–water partition coefficient (Wildman–Crippen LogP) is -2.07. The van der Waals surface area contributed by atoms with Crippen LogP contribution in [0.25, 0.3) is 0 Å². The highest BCUT2D eigenvalue weighted by Crippen LogP contribution is 2.03. The van der Waals surface area contributed by atoms with Gasteiger partial charge in [0.2, 0.25) is 0 Å². The van der Waals surface area contributed by atoms with Crippen molar-refractivity contribution in [2.75, 3.05) is 6.61 Å². The Balaban J connectivity index is 0. The van der Waals surface area contributed by atoms with Gasteiger partial charge in [-0.2, -0.15) is 0 Å². The fourth-order valence-electron chi connectivity index (χ4n) is 0.853. The lowest BCUT2D eigenvalue weighted by Crippen LogP contribution is -3.00. The summed E-state index contributed by atoms with van der Waals surface area (Å²) in [5.41, 5.74) is 5.53. The van der Waals surface area contributed by atoms with Crippen LogP contribution in [0, 0.1) is 5.92 Å². The number of esters is 1. The number of hydrogen-bond donors (Lipinski definition) is 1. The highest BCUT2D eigenvalue weighted by molar-refractivity contribution is 5.75. The van der Waals surface area contributed by atoms with Crippen LogP contribution in [-0.2, 0) is 9.53 Å². The minimum atomic E-state index is -0.449. The molecule has 0 aromatic heterocycles. The van der Waals surface area contributed by atoms with E-state index < -0.39 is 6.04 Å². The van der Waals surface area contributed by atoms with Crippen molar-refractivity contribution in [3.63, 3.8) is 0 Å². The van der Waals surface area contributed by atoms with Crippen LogP contribution in [0.3, 0.4) is 0 Å². The fraction of sp³-hybridized carbons (Fsp3) is 0.875. The summed E-state index contributed by atoms with van der Waals surface area (Å²) in [5, 5.41) is 0. The second-order valence-corrected chi connectivity index (χ2v) is 2.99. The molecule has 1 unspecified atom stereocenters. The van der Waals surface area contributed by atoms with E-state index in [1.807, 2.05) is 13.8 Å². The number of hydrogen-bond acceptors (Lipinski definition) is 3. The number of nitrogens with two attached hydrogens (primary N) is 1. The first-order valence-electron chi connectivity index (χ1n) is 4.00. The molecule has 3 nitrogen and oxygen atoms in total. The smallest absolute Gasteiger partial charge is 0.322 e. The molecule has 0 aliphatic rings. The highest BCUT2D eigenvalue weighted by atomic mass is 35.5. The Morgan fingerprint density at radius 1 is 1.50 bits per heavy atom. The van der Waals surface area contributed by atoms with Crippen molar-refractivity contribution in [2.24, 2.45) is 11.7 Å². The zero-order valence-electron chi connectivity index (χ0n) is 7.84. The number of carbonyl (C=O) groups excluding carboxylic acids is 1. The molecule has 2 N–H and O–H groups in total. The molecule has 0 spiro atoms. The van der Waals surface area contributed by atoms with Crippen LogP contribution in [0.5, 0.6) is 0 Å². The lowest BCUT2D eigenvalue weighted by atomic mass is 10.1.